The van der Waals surface area contributed by atoms with E-state index in [0.717, 1.165) is 24.9 Å². The van der Waals surface area contributed by atoms with Crippen molar-refractivity contribution in [2.75, 3.05) is 20.2 Å². The van der Waals surface area contributed by atoms with Crippen LogP contribution in [0.15, 0.2) is 48.7 Å². The molecule has 11 heteroatoms. The Labute approximate surface area is 258 Å². The standard InChI is InChI=1S/C33H31ClF2N4O4/c1-40-14-23-20-10-21(32(37)41)28(30(36)31(20)43-15-25(23)39-40)27-22-12-33(18-6-4-3-5-7-18,44-26(22)11-24(35)29(27)34)16-38-13-17-8-19(9-17)42-2/h3-7,10-11,14,17,19,38H,8-9,12-13,15-16H2,1-2H3,(H2,37,41)/t17?,19?,33-/m1/s1. The average Bonchev–Trinajstić information content (AvgIpc) is 3.56. The van der Waals surface area contributed by atoms with Crippen LogP contribution < -0.4 is 20.5 Å². The molecule has 0 bridgehead atoms. The van der Waals surface area contributed by atoms with Crippen molar-refractivity contribution < 1.29 is 27.8 Å². The van der Waals surface area contributed by atoms with Gasteiger partial charge in [0.05, 0.1) is 16.7 Å². The van der Waals surface area contributed by atoms with Gasteiger partial charge in [-0.1, -0.05) is 41.9 Å². The van der Waals surface area contributed by atoms with Crippen LogP contribution in [0.2, 0.25) is 5.02 Å². The summed E-state index contributed by atoms with van der Waals surface area (Å²) in [7, 11) is 3.46. The number of halogens is 3. The number of aromatic nitrogens is 2. The van der Waals surface area contributed by atoms with E-state index in [1.54, 1.807) is 25.0 Å². The monoisotopic (exact) mass is 620 g/mol. The maximum Gasteiger partial charge on any atom is 0.249 e. The summed E-state index contributed by atoms with van der Waals surface area (Å²) < 4.78 is 51.6. The van der Waals surface area contributed by atoms with Crippen LogP contribution in [-0.4, -0.2) is 42.0 Å². The molecule has 3 N–H and O–H groups in total. The van der Waals surface area contributed by atoms with Crippen molar-refractivity contribution in [1.29, 1.82) is 0 Å². The highest BCUT2D eigenvalue weighted by molar-refractivity contribution is 6.34. The zero-order valence-corrected chi connectivity index (χ0v) is 25.0. The molecule has 0 saturated heterocycles. The predicted molar refractivity (Wildman–Crippen MR) is 161 cm³/mol. The number of carbonyl (C=O) groups is 1. The number of primary amides is 1. The van der Waals surface area contributed by atoms with E-state index in [1.807, 2.05) is 30.3 Å². The minimum Gasteiger partial charge on any atom is -0.483 e. The number of rotatable bonds is 8. The van der Waals surface area contributed by atoms with Crippen LogP contribution >= 0.6 is 11.6 Å². The second-order valence-corrected chi connectivity index (χ2v) is 12.2. The fourth-order valence-electron chi connectivity index (χ4n) is 6.73. The van der Waals surface area contributed by atoms with Gasteiger partial charge in [0.25, 0.3) is 0 Å². The first-order valence-electron chi connectivity index (χ1n) is 14.5. The molecule has 0 unspecified atom stereocenters. The molecule has 1 saturated carbocycles. The van der Waals surface area contributed by atoms with Crippen LogP contribution in [0.5, 0.6) is 11.5 Å². The van der Waals surface area contributed by atoms with Gasteiger partial charge in [0.2, 0.25) is 5.91 Å². The lowest BCUT2D eigenvalue weighted by molar-refractivity contribution is -0.000615. The van der Waals surface area contributed by atoms with E-state index in [4.69, 9.17) is 31.5 Å². The third-order valence-corrected chi connectivity index (χ3v) is 9.38. The number of benzene rings is 3. The second-order valence-electron chi connectivity index (χ2n) is 11.8. The van der Waals surface area contributed by atoms with Gasteiger partial charge in [-0.05, 0) is 36.9 Å². The molecule has 3 aliphatic rings. The fourth-order valence-corrected chi connectivity index (χ4v) is 7.00. The number of ether oxygens (including phenoxy) is 3. The van der Waals surface area contributed by atoms with Crippen LogP contribution in [0, 0.1) is 17.6 Å². The zero-order valence-electron chi connectivity index (χ0n) is 24.3. The van der Waals surface area contributed by atoms with E-state index in [-0.39, 0.29) is 52.3 Å². The molecular weight excluding hydrogens is 590 g/mol. The number of fused-ring (bicyclic) bond motifs is 4. The molecule has 4 aromatic rings. The number of amides is 1. The van der Waals surface area contributed by atoms with Gasteiger partial charge in [-0.15, -0.1) is 0 Å². The van der Waals surface area contributed by atoms with Crippen LogP contribution in [-0.2, 0) is 30.4 Å². The molecule has 1 fully saturated rings. The van der Waals surface area contributed by atoms with Gasteiger partial charge in [-0.2, -0.15) is 5.10 Å². The fraction of sp³-hybridized carbons (Fsp3) is 0.333. The van der Waals surface area contributed by atoms with Crippen LogP contribution in [0.25, 0.3) is 22.3 Å². The maximum absolute atomic E-state index is 16.7. The van der Waals surface area contributed by atoms with E-state index in [9.17, 15) is 4.79 Å². The topological polar surface area (TPSA) is 101 Å². The molecular formula is C33H31ClF2N4O4. The second kappa shape index (κ2) is 10.9. The Bertz CT molecular complexity index is 1790. The van der Waals surface area contributed by atoms with Crippen molar-refractivity contribution in [3.05, 3.63) is 87.7 Å². The number of hydrogen-bond donors (Lipinski definition) is 2. The van der Waals surface area contributed by atoms with Gasteiger partial charge in [-0.3, -0.25) is 9.48 Å². The van der Waals surface area contributed by atoms with Gasteiger partial charge in [0.1, 0.15) is 23.9 Å². The van der Waals surface area contributed by atoms with Crippen LogP contribution in [0.3, 0.4) is 0 Å². The highest BCUT2D eigenvalue weighted by atomic mass is 35.5. The molecule has 2 aliphatic heterocycles. The zero-order chi connectivity index (χ0) is 30.7. The Hall–Kier alpha value is -3.99. The van der Waals surface area contributed by atoms with Crippen molar-refractivity contribution in [3.8, 4) is 33.8 Å². The van der Waals surface area contributed by atoms with Crippen molar-refractivity contribution in [2.24, 2.45) is 18.7 Å². The largest absolute Gasteiger partial charge is 0.483 e. The number of aryl methyl sites for hydroxylation is 1. The Morgan fingerprint density at radius 2 is 1.98 bits per heavy atom. The average molecular weight is 621 g/mol. The smallest absolute Gasteiger partial charge is 0.249 e. The molecule has 8 nitrogen and oxygen atoms in total. The molecule has 7 rings (SSSR count). The molecule has 228 valence electrons. The first-order valence-corrected chi connectivity index (χ1v) is 14.9. The summed E-state index contributed by atoms with van der Waals surface area (Å²) in [5, 5.41) is 7.57. The number of nitrogens with zero attached hydrogens (tertiary/aromatic N) is 2. The Morgan fingerprint density at radius 1 is 1.20 bits per heavy atom. The quantitative estimate of drug-likeness (QED) is 0.269. The minimum atomic E-state index is -0.946. The number of carbonyl (C=O) groups excluding carboxylic acids is 1. The first-order chi connectivity index (χ1) is 21.2. The van der Waals surface area contributed by atoms with Crippen molar-refractivity contribution in [1.82, 2.24) is 15.1 Å². The third-order valence-electron chi connectivity index (χ3n) is 9.01. The Balaban J connectivity index is 1.34. The molecule has 0 radical (unpaired) electrons. The van der Waals surface area contributed by atoms with E-state index in [0.29, 0.717) is 34.8 Å². The van der Waals surface area contributed by atoms with Gasteiger partial charge >= 0.3 is 0 Å². The van der Waals surface area contributed by atoms with Gasteiger partial charge in [-0.25, -0.2) is 8.78 Å². The summed E-state index contributed by atoms with van der Waals surface area (Å²) in [4.78, 5) is 12.9. The minimum absolute atomic E-state index is 0.0242. The summed E-state index contributed by atoms with van der Waals surface area (Å²) in [6, 6.07) is 12.3. The molecule has 44 heavy (non-hydrogen) atoms. The van der Waals surface area contributed by atoms with Gasteiger partial charge < -0.3 is 25.3 Å². The van der Waals surface area contributed by atoms with E-state index in [2.05, 4.69) is 10.4 Å². The number of nitrogens with two attached hydrogens (primary N) is 1. The van der Waals surface area contributed by atoms with E-state index in [1.165, 1.54) is 12.1 Å². The third kappa shape index (κ3) is 4.63. The number of methoxy groups -OCH3 is 1. The summed E-state index contributed by atoms with van der Waals surface area (Å²) in [6.45, 7) is 1.19. The lowest BCUT2D eigenvalue weighted by Gasteiger charge is -2.36. The SMILES string of the molecule is COC1CC(CNC[C@@]2(c3ccccc3)Cc3c(cc(F)c(Cl)c3-c3c(C(N)=O)cc4c(c3F)OCc3nn(C)cc3-4)O2)C1. The highest BCUT2D eigenvalue weighted by Gasteiger charge is 2.45. The van der Waals surface area contributed by atoms with Gasteiger partial charge in [0.15, 0.2) is 17.2 Å². The summed E-state index contributed by atoms with van der Waals surface area (Å²) in [6.07, 6.45) is 4.20. The summed E-state index contributed by atoms with van der Waals surface area (Å²) in [5.41, 5.74) is 7.45. The molecule has 1 aromatic heterocycles. The Morgan fingerprint density at radius 3 is 2.70 bits per heavy atom. The van der Waals surface area contributed by atoms with Crippen molar-refractivity contribution in [2.45, 2.75) is 37.6 Å². The highest BCUT2D eigenvalue weighted by Crippen LogP contribution is 2.52. The lowest BCUT2D eigenvalue weighted by Crippen LogP contribution is -2.45. The number of nitrogens with one attached hydrogen (secondary N) is 1. The Kier molecular flexibility index (Phi) is 7.10. The molecule has 1 aliphatic carbocycles. The maximum atomic E-state index is 16.7. The van der Waals surface area contributed by atoms with Crippen molar-refractivity contribution >= 4 is 17.5 Å². The normalized spacial score (nSPS) is 21.5. The van der Waals surface area contributed by atoms with Crippen LogP contribution in [0.1, 0.15) is 40.0 Å². The molecule has 3 aromatic carbocycles. The first kappa shape index (κ1) is 28.8. The van der Waals surface area contributed by atoms with Crippen molar-refractivity contribution in [3.63, 3.8) is 0 Å². The summed E-state index contributed by atoms with van der Waals surface area (Å²) in [5.74, 6) is -1.93. The predicted octanol–water partition coefficient (Wildman–Crippen LogP) is 5.52. The molecule has 0 spiro atoms. The van der Waals surface area contributed by atoms with Gasteiger partial charge in [0, 0.05) is 67.2 Å². The number of hydrogen-bond acceptors (Lipinski definition) is 6. The van der Waals surface area contributed by atoms with E-state index < -0.39 is 23.1 Å². The molecule has 3 heterocycles. The molecule has 1 amide bonds. The molecule has 1 atom stereocenters. The van der Waals surface area contributed by atoms with E-state index >= 15 is 8.78 Å². The lowest BCUT2D eigenvalue weighted by atomic mass is 9.81. The summed E-state index contributed by atoms with van der Waals surface area (Å²) >= 11 is 6.64. The van der Waals surface area contributed by atoms with Crippen LogP contribution in [0.4, 0.5) is 8.78 Å².